The molecule has 0 atom stereocenters. The number of alkyl halides is 3. The maximum Gasteiger partial charge on any atom is 0.418 e. The van der Waals surface area contributed by atoms with E-state index in [1.54, 1.807) is 0 Å². The molecule has 0 aromatic heterocycles. The topological polar surface area (TPSA) is 49.4 Å². The van der Waals surface area contributed by atoms with Crippen molar-refractivity contribution in [2.24, 2.45) is 0 Å². The van der Waals surface area contributed by atoms with Crippen LogP contribution in [-0.4, -0.2) is 24.9 Å². The number of amides is 2. The van der Waals surface area contributed by atoms with E-state index < -0.39 is 30.1 Å². The highest BCUT2D eigenvalue weighted by Crippen LogP contribution is 2.38. The molecule has 0 bridgehead atoms. The molecule has 1 aliphatic heterocycles. The lowest BCUT2D eigenvalue weighted by Gasteiger charge is -2.29. The Labute approximate surface area is 114 Å². The lowest BCUT2D eigenvalue weighted by atomic mass is 10.1. The molecule has 1 fully saturated rings. The number of carbonyl (C=O) groups is 2. The van der Waals surface area contributed by atoms with Crippen LogP contribution in [0.25, 0.3) is 0 Å². The lowest BCUT2D eigenvalue weighted by molar-refractivity contribution is -0.137. The second-order valence-corrected chi connectivity index (χ2v) is 4.83. The summed E-state index contributed by atoms with van der Waals surface area (Å²) < 4.78 is 39.1. The largest absolute Gasteiger partial charge is 0.418 e. The Balaban J connectivity index is 2.49. The van der Waals surface area contributed by atoms with Crippen molar-refractivity contribution in [1.82, 2.24) is 5.32 Å². The minimum atomic E-state index is -4.60. The van der Waals surface area contributed by atoms with Gasteiger partial charge in [0.1, 0.15) is 6.54 Å². The number of benzene rings is 1. The third-order valence-electron chi connectivity index (χ3n) is 2.59. The maximum absolute atomic E-state index is 12.9. The molecule has 1 saturated heterocycles. The minimum Gasteiger partial charge on any atom is -0.345 e. The van der Waals surface area contributed by atoms with Crippen LogP contribution in [0.3, 0.4) is 0 Å². The molecule has 19 heavy (non-hydrogen) atoms. The van der Waals surface area contributed by atoms with Crippen LogP contribution < -0.4 is 10.2 Å². The fourth-order valence-corrected chi connectivity index (χ4v) is 2.11. The zero-order chi connectivity index (χ0) is 14.2. The van der Waals surface area contributed by atoms with Gasteiger partial charge in [-0.05, 0) is 18.2 Å². The third kappa shape index (κ3) is 2.89. The molecule has 0 aliphatic carbocycles. The van der Waals surface area contributed by atoms with Crippen LogP contribution in [0.15, 0.2) is 22.7 Å². The molecule has 1 N–H and O–H groups in total. The summed E-state index contributed by atoms with van der Waals surface area (Å²) in [6.45, 7) is -0.713. The number of carbonyl (C=O) groups excluding carboxylic acids is 2. The Kier molecular flexibility index (Phi) is 3.53. The van der Waals surface area contributed by atoms with Crippen molar-refractivity contribution in [3.8, 4) is 0 Å². The van der Waals surface area contributed by atoms with E-state index in [0.717, 1.165) is 11.0 Å². The first kappa shape index (κ1) is 13.9. The monoisotopic (exact) mass is 336 g/mol. The molecule has 4 nitrogen and oxygen atoms in total. The summed E-state index contributed by atoms with van der Waals surface area (Å²) in [5.74, 6) is -1.07. The minimum absolute atomic E-state index is 0.248. The predicted octanol–water partition coefficient (Wildman–Crippen LogP) is 1.93. The van der Waals surface area contributed by atoms with Gasteiger partial charge in [0, 0.05) is 4.47 Å². The Morgan fingerprint density at radius 1 is 1.26 bits per heavy atom. The summed E-state index contributed by atoms with van der Waals surface area (Å²) >= 11 is 2.96. The molecule has 8 heteroatoms. The smallest absolute Gasteiger partial charge is 0.345 e. The van der Waals surface area contributed by atoms with Crippen molar-refractivity contribution in [2.45, 2.75) is 6.18 Å². The average Bonchev–Trinajstić information content (AvgIpc) is 2.31. The normalized spacial score (nSPS) is 16.5. The fourth-order valence-electron chi connectivity index (χ4n) is 1.75. The third-order valence-corrected chi connectivity index (χ3v) is 3.09. The molecule has 102 valence electrons. The summed E-state index contributed by atoms with van der Waals surface area (Å²) in [6.07, 6.45) is -4.60. The number of nitrogens with zero attached hydrogens (tertiary/aromatic N) is 1. The maximum atomic E-state index is 12.9. The van der Waals surface area contributed by atoms with Gasteiger partial charge in [-0.2, -0.15) is 13.2 Å². The van der Waals surface area contributed by atoms with Crippen LogP contribution in [0.4, 0.5) is 18.9 Å². The number of anilines is 1. The van der Waals surface area contributed by atoms with Gasteiger partial charge in [-0.1, -0.05) is 15.9 Å². The Hall–Kier alpha value is -1.57. The summed E-state index contributed by atoms with van der Waals surface area (Å²) in [7, 11) is 0. The van der Waals surface area contributed by atoms with E-state index in [1.807, 2.05) is 0 Å². The van der Waals surface area contributed by atoms with E-state index in [-0.39, 0.29) is 16.7 Å². The molecule has 1 aliphatic rings. The molecule has 1 heterocycles. The van der Waals surface area contributed by atoms with Gasteiger partial charge in [0.25, 0.3) is 0 Å². The zero-order valence-electron chi connectivity index (χ0n) is 9.42. The number of hydrogen-bond donors (Lipinski definition) is 1. The molecular formula is C11H8BrF3N2O2. The van der Waals surface area contributed by atoms with Crippen LogP contribution in [0.2, 0.25) is 0 Å². The van der Waals surface area contributed by atoms with Crippen LogP contribution in [0.1, 0.15) is 5.56 Å². The van der Waals surface area contributed by atoms with E-state index in [9.17, 15) is 22.8 Å². The Morgan fingerprint density at radius 3 is 2.58 bits per heavy atom. The molecule has 0 unspecified atom stereocenters. The first-order chi connectivity index (χ1) is 8.79. The van der Waals surface area contributed by atoms with E-state index in [4.69, 9.17) is 0 Å². The summed E-state index contributed by atoms with van der Waals surface area (Å²) in [4.78, 5) is 23.7. The molecular weight excluding hydrogens is 329 g/mol. The number of rotatable bonds is 1. The van der Waals surface area contributed by atoms with Crippen LogP contribution >= 0.6 is 15.9 Å². The van der Waals surface area contributed by atoms with Crippen molar-refractivity contribution in [1.29, 1.82) is 0 Å². The number of halogens is 4. The Bertz CT molecular complexity index is 545. The first-order valence-electron chi connectivity index (χ1n) is 5.23. The zero-order valence-corrected chi connectivity index (χ0v) is 11.0. The number of hydrogen-bond acceptors (Lipinski definition) is 2. The van der Waals surface area contributed by atoms with Gasteiger partial charge in [-0.3, -0.25) is 9.59 Å². The predicted molar refractivity (Wildman–Crippen MR) is 64.5 cm³/mol. The average molecular weight is 337 g/mol. The van der Waals surface area contributed by atoms with E-state index >= 15 is 0 Å². The van der Waals surface area contributed by atoms with E-state index in [0.29, 0.717) is 0 Å². The highest BCUT2D eigenvalue weighted by molar-refractivity contribution is 9.10. The summed E-state index contributed by atoms with van der Waals surface area (Å²) in [5, 5.41) is 2.28. The van der Waals surface area contributed by atoms with E-state index in [2.05, 4.69) is 21.2 Å². The molecule has 0 saturated carbocycles. The van der Waals surface area contributed by atoms with Crippen molar-refractivity contribution in [3.05, 3.63) is 28.2 Å². The number of nitrogens with one attached hydrogen (secondary N) is 1. The summed E-state index contributed by atoms with van der Waals surface area (Å²) in [6, 6.07) is 3.45. The van der Waals surface area contributed by atoms with Gasteiger partial charge in [-0.15, -0.1) is 0 Å². The van der Waals surface area contributed by atoms with Gasteiger partial charge in [-0.25, -0.2) is 0 Å². The standard InChI is InChI=1S/C11H8BrF3N2O2/c12-6-1-2-8(7(3-6)11(13,14)15)17-5-9(18)16-4-10(17)19/h1-3H,4-5H2,(H,16,18). The molecule has 1 aromatic rings. The molecule has 0 radical (unpaired) electrons. The van der Waals surface area contributed by atoms with Crippen LogP contribution in [0.5, 0.6) is 0 Å². The van der Waals surface area contributed by atoms with Gasteiger partial charge in [0.05, 0.1) is 17.8 Å². The highest BCUT2D eigenvalue weighted by Gasteiger charge is 2.37. The molecule has 1 aromatic carbocycles. The molecule has 0 spiro atoms. The van der Waals surface area contributed by atoms with Gasteiger partial charge >= 0.3 is 6.18 Å². The van der Waals surface area contributed by atoms with Crippen molar-refractivity contribution in [3.63, 3.8) is 0 Å². The van der Waals surface area contributed by atoms with Crippen molar-refractivity contribution in [2.75, 3.05) is 18.0 Å². The van der Waals surface area contributed by atoms with Gasteiger partial charge < -0.3 is 10.2 Å². The summed E-state index contributed by atoms with van der Waals surface area (Å²) in [5.41, 5.74) is -1.26. The quantitative estimate of drug-likeness (QED) is 0.851. The number of piperazine rings is 1. The first-order valence-corrected chi connectivity index (χ1v) is 6.02. The SMILES string of the molecule is O=C1CN(c2ccc(Br)cc2C(F)(F)F)C(=O)CN1. The highest BCUT2D eigenvalue weighted by atomic mass is 79.9. The van der Waals surface area contributed by atoms with Crippen LogP contribution in [-0.2, 0) is 15.8 Å². The lowest BCUT2D eigenvalue weighted by Crippen LogP contribution is -2.52. The second kappa shape index (κ2) is 4.84. The molecule has 2 rings (SSSR count). The van der Waals surface area contributed by atoms with Crippen molar-refractivity contribution >= 4 is 33.4 Å². The molecule has 2 amide bonds. The second-order valence-electron chi connectivity index (χ2n) is 3.92. The van der Waals surface area contributed by atoms with Gasteiger partial charge in [0.15, 0.2) is 0 Å². The van der Waals surface area contributed by atoms with E-state index in [1.165, 1.54) is 12.1 Å². The fraction of sp³-hybridized carbons (Fsp3) is 0.273. The van der Waals surface area contributed by atoms with Crippen LogP contribution in [0, 0.1) is 0 Å². The van der Waals surface area contributed by atoms with Gasteiger partial charge in [0.2, 0.25) is 11.8 Å². The van der Waals surface area contributed by atoms with Crippen molar-refractivity contribution < 1.29 is 22.8 Å². The Morgan fingerprint density at radius 2 is 1.95 bits per heavy atom.